The van der Waals surface area contributed by atoms with Gasteiger partial charge in [0.2, 0.25) is 0 Å². The Morgan fingerprint density at radius 2 is 2.28 bits per heavy atom. The summed E-state index contributed by atoms with van der Waals surface area (Å²) in [7, 11) is 4.15. The minimum absolute atomic E-state index is 0.218. The van der Waals surface area contributed by atoms with Crippen LogP contribution in [0.1, 0.15) is 18.4 Å². The predicted molar refractivity (Wildman–Crippen MR) is 70.1 cm³/mol. The molecule has 1 N–H and O–H groups in total. The third-order valence-electron chi connectivity index (χ3n) is 3.70. The lowest BCUT2D eigenvalue weighted by molar-refractivity contribution is 0.214. The predicted octanol–water partition coefficient (Wildman–Crippen LogP) is 2.06. The smallest absolute Gasteiger partial charge is 0.165 e. The first-order valence-electron chi connectivity index (χ1n) is 6.43. The van der Waals surface area contributed by atoms with Crippen LogP contribution in [-0.4, -0.2) is 48.1 Å². The van der Waals surface area contributed by atoms with Gasteiger partial charge in [-0.2, -0.15) is 0 Å². The van der Waals surface area contributed by atoms with Gasteiger partial charge >= 0.3 is 0 Å². The highest BCUT2D eigenvalue weighted by atomic mass is 19.1. The molecule has 100 valence electrons. The van der Waals surface area contributed by atoms with Crippen molar-refractivity contribution in [1.29, 1.82) is 0 Å². The number of rotatable bonds is 4. The summed E-state index contributed by atoms with van der Waals surface area (Å²) >= 11 is 0. The molecule has 0 aromatic heterocycles. The largest absolute Gasteiger partial charge is 0.505 e. The molecule has 2 rings (SSSR count). The van der Waals surface area contributed by atoms with E-state index in [1.54, 1.807) is 12.1 Å². The number of benzene rings is 1. The fraction of sp³-hybridized carbons (Fsp3) is 0.571. The number of nitrogens with zero attached hydrogens (tertiary/aromatic N) is 2. The zero-order valence-corrected chi connectivity index (χ0v) is 11.1. The van der Waals surface area contributed by atoms with E-state index in [0.29, 0.717) is 18.2 Å². The van der Waals surface area contributed by atoms with Crippen molar-refractivity contribution in [3.63, 3.8) is 0 Å². The number of hydrogen-bond acceptors (Lipinski definition) is 3. The number of likely N-dealkylation sites (N-methyl/N-ethyl adjacent to an activating group) is 2. The highest BCUT2D eigenvalue weighted by Crippen LogP contribution is 2.23. The van der Waals surface area contributed by atoms with E-state index in [1.807, 2.05) is 7.05 Å². The Bertz CT molecular complexity index is 411. The van der Waals surface area contributed by atoms with E-state index in [9.17, 15) is 9.50 Å². The molecule has 1 aliphatic rings. The van der Waals surface area contributed by atoms with E-state index in [-0.39, 0.29) is 5.75 Å². The number of aromatic hydroxyl groups is 1. The lowest BCUT2D eigenvalue weighted by Crippen LogP contribution is -2.36. The molecule has 1 unspecified atom stereocenters. The second-order valence-electron chi connectivity index (χ2n) is 5.22. The normalized spacial score (nSPS) is 20.8. The molecule has 1 atom stereocenters. The molecule has 1 aromatic carbocycles. The molecule has 1 saturated heterocycles. The van der Waals surface area contributed by atoms with Crippen LogP contribution in [0.2, 0.25) is 0 Å². The average molecular weight is 252 g/mol. The van der Waals surface area contributed by atoms with Crippen molar-refractivity contribution < 1.29 is 9.50 Å². The van der Waals surface area contributed by atoms with E-state index in [1.165, 1.54) is 18.9 Å². The van der Waals surface area contributed by atoms with Gasteiger partial charge in [-0.3, -0.25) is 0 Å². The van der Waals surface area contributed by atoms with E-state index >= 15 is 0 Å². The second-order valence-corrected chi connectivity index (χ2v) is 5.22. The maximum atomic E-state index is 13.2. The number of phenolic OH excluding ortho intramolecular Hbond substituents is 1. The van der Waals surface area contributed by atoms with Crippen LogP contribution in [-0.2, 0) is 6.54 Å². The summed E-state index contributed by atoms with van der Waals surface area (Å²) in [5.41, 5.74) is 0.651. The minimum atomic E-state index is -0.543. The van der Waals surface area contributed by atoms with Crippen LogP contribution < -0.4 is 0 Å². The van der Waals surface area contributed by atoms with Gasteiger partial charge in [0.1, 0.15) is 0 Å². The Morgan fingerprint density at radius 3 is 2.94 bits per heavy atom. The average Bonchev–Trinajstić information content (AvgIpc) is 2.71. The van der Waals surface area contributed by atoms with Crippen molar-refractivity contribution in [3.05, 3.63) is 29.6 Å². The Hall–Kier alpha value is -1.13. The van der Waals surface area contributed by atoms with Crippen LogP contribution in [0.25, 0.3) is 0 Å². The van der Waals surface area contributed by atoms with Gasteiger partial charge in [-0.1, -0.05) is 12.1 Å². The zero-order valence-electron chi connectivity index (χ0n) is 11.1. The maximum absolute atomic E-state index is 13.2. The number of likely N-dealkylation sites (tertiary alicyclic amines) is 1. The number of para-hydroxylation sites is 1. The van der Waals surface area contributed by atoms with Crippen molar-refractivity contribution in [1.82, 2.24) is 9.80 Å². The summed E-state index contributed by atoms with van der Waals surface area (Å²) in [5.74, 6) is -0.761. The number of phenols is 1. The Labute approximate surface area is 108 Å². The van der Waals surface area contributed by atoms with Crippen LogP contribution in [0.15, 0.2) is 18.2 Å². The van der Waals surface area contributed by atoms with Gasteiger partial charge in [0.15, 0.2) is 11.6 Å². The van der Waals surface area contributed by atoms with Gasteiger partial charge in [0.25, 0.3) is 0 Å². The van der Waals surface area contributed by atoms with Gasteiger partial charge in [-0.05, 0) is 39.5 Å². The fourth-order valence-electron chi connectivity index (χ4n) is 2.61. The topological polar surface area (TPSA) is 26.7 Å². The Kier molecular flexibility index (Phi) is 4.19. The summed E-state index contributed by atoms with van der Waals surface area (Å²) in [6, 6.07) is 5.27. The third-order valence-corrected chi connectivity index (χ3v) is 3.70. The van der Waals surface area contributed by atoms with E-state index in [0.717, 1.165) is 13.1 Å². The van der Waals surface area contributed by atoms with E-state index in [2.05, 4.69) is 16.8 Å². The fourth-order valence-corrected chi connectivity index (χ4v) is 2.61. The molecule has 0 bridgehead atoms. The van der Waals surface area contributed by atoms with E-state index in [4.69, 9.17) is 0 Å². The van der Waals surface area contributed by atoms with Crippen LogP contribution in [0, 0.1) is 5.82 Å². The number of hydrogen-bond donors (Lipinski definition) is 1. The van der Waals surface area contributed by atoms with Crippen molar-refractivity contribution in [2.24, 2.45) is 0 Å². The first-order valence-corrected chi connectivity index (χ1v) is 6.43. The minimum Gasteiger partial charge on any atom is -0.505 e. The standard InChI is InChI=1S/C14H21FN2O/c1-16(10-12-6-4-8-17(12)2)9-11-5-3-7-13(15)14(11)18/h3,5,7,12,18H,4,6,8-10H2,1-2H3. The van der Waals surface area contributed by atoms with Gasteiger partial charge < -0.3 is 14.9 Å². The molecule has 1 fully saturated rings. The van der Waals surface area contributed by atoms with Gasteiger partial charge in [-0.25, -0.2) is 4.39 Å². The molecule has 1 aliphatic heterocycles. The first kappa shape index (κ1) is 13.3. The summed E-state index contributed by atoms with van der Waals surface area (Å²) in [4.78, 5) is 4.50. The molecule has 0 saturated carbocycles. The molecular weight excluding hydrogens is 231 g/mol. The van der Waals surface area contributed by atoms with Crippen LogP contribution in [0.4, 0.5) is 4.39 Å². The lowest BCUT2D eigenvalue weighted by atomic mass is 10.1. The van der Waals surface area contributed by atoms with Gasteiger partial charge in [-0.15, -0.1) is 0 Å². The van der Waals surface area contributed by atoms with Crippen molar-refractivity contribution in [2.75, 3.05) is 27.2 Å². The monoisotopic (exact) mass is 252 g/mol. The molecule has 0 spiro atoms. The lowest BCUT2D eigenvalue weighted by Gasteiger charge is -2.26. The molecule has 0 aliphatic carbocycles. The molecule has 1 aromatic rings. The Balaban J connectivity index is 1.94. The molecule has 1 heterocycles. The van der Waals surface area contributed by atoms with Crippen molar-refractivity contribution >= 4 is 0 Å². The van der Waals surface area contributed by atoms with Crippen LogP contribution >= 0.6 is 0 Å². The molecule has 18 heavy (non-hydrogen) atoms. The summed E-state index contributed by atoms with van der Waals surface area (Å²) < 4.78 is 13.2. The summed E-state index contributed by atoms with van der Waals surface area (Å²) in [6.07, 6.45) is 2.47. The maximum Gasteiger partial charge on any atom is 0.165 e. The highest BCUT2D eigenvalue weighted by Gasteiger charge is 2.22. The molecule has 4 heteroatoms. The second kappa shape index (κ2) is 5.67. The zero-order chi connectivity index (χ0) is 13.1. The van der Waals surface area contributed by atoms with Crippen molar-refractivity contribution in [3.8, 4) is 5.75 Å². The van der Waals surface area contributed by atoms with Crippen molar-refractivity contribution in [2.45, 2.75) is 25.4 Å². The molecule has 0 radical (unpaired) electrons. The van der Waals surface area contributed by atoms with Gasteiger partial charge in [0.05, 0.1) is 0 Å². The SMILES string of the molecule is CN(Cc1cccc(F)c1O)CC1CCCN1C. The summed E-state index contributed by atoms with van der Waals surface area (Å²) in [6.45, 7) is 2.68. The van der Waals surface area contributed by atoms with Gasteiger partial charge in [0, 0.05) is 24.7 Å². The van der Waals surface area contributed by atoms with Crippen LogP contribution in [0.5, 0.6) is 5.75 Å². The first-order chi connectivity index (χ1) is 8.58. The molecular formula is C14H21FN2O. The quantitative estimate of drug-likeness (QED) is 0.888. The van der Waals surface area contributed by atoms with Crippen LogP contribution in [0.3, 0.4) is 0 Å². The molecule has 0 amide bonds. The third kappa shape index (κ3) is 3.00. The molecule has 3 nitrogen and oxygen atoms in total. The highest BCUT2D eigenvalue weighted by molar-refractivity contribution is 5.33. The van der Waals surface area contributed by atoms with E-state index < -0.39 is 5.82 Å². The Morgan fingerprint density at radius 1 is 1.50 bits per heavy atom. The summed E-state index contributed by atoms with van der Waals surface area (Å²) in [5, 5.41) is 9.65. The number of halogens is 1.